The predicted molar refractivity (Wildman–Crippen MR) is 49.3 cm³/mol. The molecule has 6 nitrogen and oxygen atoms in total. The average Bonchev–Trinajstić information content (AvgIpc) is 2.12. The minimum absolute atomic E-state index is 0.00231. The molecule has 0 spiro atoms. The Kier molecular flexibility index (Phi) is 2.25. The molecule has 1 aromatic rings. The van der Waals surface area contributed by atoms with Crippen molar-refractivity contribution < 1.29 is 9.63 Å². The van der Waals surface area contributed by atoms with E-state index in [0.717, 1.165) is 0 Å². The third-order valence-electron chi connectivity index (χ3n) is 1.62. The molecule has 0 aliphatic heterocycles. The number of anilines is 3. The molecule has 0 aliphatic rings. The number of nitrogen functional groups attached to an aromatic ring is 3. The van der Waals surface area contributed by atoms with Crippen LogP contribution in [0.5, 0.6) is 0 Å². The van der Waals surface area contributed by atoms with E-state index in [0.29, 0.717) is 0 Å². The normalized spacial score (nSPS) is 9.62. The maximum absolute atomic E-state index is 11.0. The Morgan fingerprint density at radius 3 is 2.23 bits per heavy atom. The Hall–Kier alpha value is -1.95. The number of rotatable bonds is 1. The van der Waals surface area contributed by atoms with Gasteiger partial charge in [-0.15, -0.1) is 0 Å². The quantitative estimate of drug-likeness (QED) is 0.341. The van der Waals surface area contributed by atoms with Crippen LogP contribution >= 0.6 is 0 Å². The zero-order chi connectivity index (χ0) is 10.0. The van der Waals surface area contributed by atoms with Gasteiger partial charge >= 0.3 is 5.97 Å². The van der Waals surface area contributed by atoms with Gasteiger partial charge in [-0.2, -0.15) is 5.90 Å². The lowest BCUT2D eigenvalue weighted by Crippen LogP contribution is -2.15. The summed E-state index contributed by atoms with van der Waals surface area (Å²) in [4.78, 5) is 15.0. The lowest BCUT2D eigenvalue weighted by atomic mass is 10.1. The van der Waals surface area contributed by atoms with Crippen LogP contribution in [0.25, 0.3) is 0 Å². The van der Waals surface area contributed by atoms with Gasteiger partial charge in [0.1, 0.15) is 5.56 Å². The van der Waals surface area contributed by atoms with Crippen LogP contribution in [0.1, 0.15) is 10.4 Å². The molecule has 0 radical (unpaired) electrons. The molecule has 13 heavy (non-hydrogen) atoms. The summed E-state index contributed by atoms with van der Waals surface area (Å²) in [5.41, 5.74) is 16.9. The molecule has 0 aromatic heterocycles. The maximum atomic E-state index is 11.0. The molecule has 0 saturated heterocycles. The van der Waals surface area contributed by atoms with E-state index in [2.05, 4.69) is 4.84 Å². The van der Waals surface area contributed by atoms with Crippen LogP contribution < -0.4 is 23.1 Å². The first kappa shape index (κ1) is 9.14. The molecule has 6 heteroatoms. The Morgan fingerprint density at radius 1 is 1.15 bits per heavy atom. The number of hydrogen-bond donors (Lipinski definition) is 4. The van der Waals surface area contributed by atoms with Gasteiger partial charge in [0, 0.05) is 5.69 Å². The largest absolute Gasteiger partial charge is 0.398 e. The molecule has 1 aromatic carbocycles. The molecule has 1 rings (SSSR count). The molecular weight excluding hydrogens is 172 g/mol. The summed E-state index contributed by atoms with van der Waals surface area (Å²) >= 11 is 0. The number of nitrogens with two attached hydrogens (primary N) is 4. The first-order valence-electron chi connectivity index (χ1n) is 3.42. The molecule has 0 atom stereocenters. The van der Waals surface area contributed by atoms with Gasteiger partial charge in [-0.25, -0.2) is 4.79 Å². The van der Waals surface area contributed by atoms with Crippen LogP contribution in [0.3, 0.4) is 0 Å². The first-order valence-corrected chi connectivity index (χ1v) is 3.42. The van der Waals surface area contributed by atoms with Crippen molar-refractivity contribution in [3.05, 3.63) is 17.7 Å². The van der Waals surface area contributed by atoms with Gasteiger partial charge in [0.2, 0.25) is 0 Å². The van der Waals surface area contributed by atoms with Crippen molar-refractivity contribution >= 4 is 23.0 Å². The van der Waals surface area contributed by atoms with Gasteiger partial charge in [-0.1, -0.05) is 0 Å². The van der Waals surface area contributed by atoms with Gasteiger partial charge in [-0.3, -0.25) is 0 Å². The molecule has 0 fully saturated rings. The second-order valence-electron chi connectivity index (χ2n) is 2.44. The minimum Gasteiger partial charge on any atom is -0.398 e. The van der Waals surface area contributed by atoms with Crippen molar-refractivity contribution in [3.63, 3.8) is 0 Å². The Labute approximate surface area is 74.4 Å². The fourth-order valence-electron chi connectivity index (χ4n) is 0.939. The molecular formula is C7H10N4O2. The number of hydrogen-bond acceptors (Lipinski definition) is 6. The number of carbonyl (C=O) groups is 1. The first-order chi connectivity index (χ1) is 6.07. The van der Waals surface area contributed by atoms with E-state index in [1.165, 1.54) is 12.1 Å². The molecule has 0 unspecified atom stereocenters. The van der Waals surface area contributed by atoms with Crippen LogP contribution in [0, 0.1) is 0 Å². The second-order valence-corrected chi connectivity index (χ2v) is 2.44. The lowest BCUT2D eigenvalue weighted by Gasteiger charge is -2.08. The molecule has 0 bridgehead atoms. The zero-order valence-corrected chi connectivity index (χ0v) is 6.78. The van der Waals surface area contributed by atoms with E-state index in [4.69, 9.17) is 23.1 Å². The molecule has 0 aliphatic carbocycles. The summed E-state index contributed by atoms with van der Waals surface area (Å²) in [6.07, 6.45) is 0. The van der Waals surface area contributed by atoms with Crippen molar-refractivity contribution in [1.82, 2.24) is 0 Å². The Morgan fingerprint density at radius 2 is 1.69 bits per heavy atom. The summed E-state index contributed by atoms with van der Waals surface area (Å²) in [5.74, 6) is 3.89. The second kappa shape index (κ2) is 3.20. The summed E-state index contributed by atoms with van der Waals surface area (Å²) in [5, 5.41) is 0. The summed E-state index contributed by atoms with van der Waals surface area (Å²) in [7, 11) is 0. The highest BCUT2D eigenvalue weighted by Crippen LogP contribution is 2.25. The Bertz CT molecular complexity index is 351. The third kappa shape index (κ3) is 1.47. The maximum Gasteiger partial charge on any atom is 0.360 e. The fourth-order valence-corrected chi connectivity index (χ4v) is 0.939. The zero-order valence-electron chi connectivity index (χ0n) is 6.78. The molecule has 8 N–H and O–H groups in total. The highest BCUT2D eigenvalue weighted by atomic mass is 16.7. The average molecular weight is 182 g/mol. The van der Waals surface area contributed by atoms with E-state index in [1.54, 1.807) is 0 Å². The van der Waals surface area contributed by atoms with E-state index in [-0.39, 0.29) is 22.6 Å². The van der Waals surface area contributed by atoms with Crippen LogP contribution in [0.2, 0.25) is 0 Å². The van der Waals surface area contributed by atoms with Crippen molar-refractivity contribution in [2.24, 2.45) is 5.90 Å². The van der Waals surface area contributed by atoms with E-state index < -0.39 is 5.97 Å². The highest BCUT2D eigenvalue weighted by Gasteiger charge is 2.16. The SMILES string of the molecule is NOC(=O)c1c(N)ccc(N)c1N. The third-order valence-corrected chi connectivity index (χ3v) is 1.62. The van der Waals surface area contributed by atoms with Crippen molar-refractivity contribution in [2.45, 2.75) is 0 Å². The van der Waals surface area contributed by atoms with E-state index in [1.807, 2.05) is 0 Å². The molecule has 0 amide bonds. The van der Waals surface area contributed by atoms with Crippen molar-refractivity contribution in [2.75, 3.05) is 17.2 Å². The number of carbonyl (C=O) groups excluding carboxylic acids is 1. The van der Waals surface area contributed by atoms with Gasteiger partial charge in [0.05, 0.1) is 11.4 Å². The summed E-state index contributed by atoms with van der Waals surface area (Å²) in [6, 6.07) is 2.95. The van der Waals surface area contributed by atoms with E-state index >= 15 is 0 Å². The highest BCUT2D eigenvalue weighted by molar-refractivity contribution is 6.03. The predicted octanol–water partition coefficient (Wildman–Crippen LogP) is -0.536. The standard InChI is InChI=1S/C7H10N4O2/c8-3-1-2-4(9)6(10)5(3)7(12)13-11/h1-2H,8-11H2. The van der Waals surface area contributed by atoms with Crippen LogP contribution in [0.15, 0.2) is 12.1 Å². The molecule has 0 saturated carbocycles. The summed E-state index contributed by atoms with van der Waals surface area (Å²) < 4.78 is 0. The van der Waals surface area contributed by atoms with Gasteiger partial charge in [0.25, 0.3) is 0 Å². The van der Waals surface area contributed by atoms with Crippen molar-refractivity contribution in [1.29, 1.82) is 0 Å². The van der Waals surface area contributed by atoms with Crippen LogP contribution in [-0.4, -0.2) is 5.97 Å². The minimum atomic E-state index is -0.803. The van der Waals surface area contributed by atoms with Crippen molar-refractivity contribution in [3.8, 4) is 0 Å². The van der Waals surface area contributed by atoms with Crippen LogP contribution in [0.4, 0.5) is 17.1 Å². The monoisotopic (exact) mass is 182 g/mol. The molecule has 70 valence electrons. The van der Waals surface area contributed by atoms with Crippen LogP contribution in [-0.2, 0) is 4.84 Å². The summed E-state index contributed by atoms with van der Waals surface area (Å²) in [6.45, 7) is 0. The van der Waals surface area contributed by atoms with Gasteiger partial charge < -0.3 is 22.0 Å². The van der Waals surface area contributed by atoms with Gasteiger partial charge in [0.15, 0.2) is 0 Å². The van der Waals surface area contributed by atoms with E-state index in [9.17, 15) is 4.79 Å². The topological polar surface area (TPSA) is 130 Å². The smallest absolute Gasteiger partial charge is 0.360 e. The lowest BCUT2D eigenvalue weighted by molar-refractivity contribution is 0.0506. The Balaban J connectivity index is 3.33. The molecule has 0 heterocycles. The number of benzene rings is 1. The van der Waals surface area contributed by atoms with Gasteiger partial charge in [-0.05, 0) is 12.1 Å². The fraction of sp³-hybridized carbons (Fsp3) is 0.